The second-order valence-electron chi connectivity index (χ2n) is 9.35. The predicted molar refractivity (Wildman–Crippen MR) is 135 cm³/mol. The normalized spacial score (nSPS) is 15.8. The lowest BCUT2D eigenvalue weighted by Crippen LogP contribution is -2.42. The molecule has 1 saturated heterocycles. The molecule has 1 aromatic carbocycles. The van der Waals surface area contributed by atoms with Gasteiger partial charge in [-0.15, -0.1) is 0 Å². The molecule has 0 bridgehead atoms. The summed E-state index contributed by atoms with van der Waals surface area (Å²) in [7, 11) is 1.40. The van der Waals surface area contributed by atoms with E-state index in [-0.39, 0.29) is 29.8 Å². The van der Waals surface area contributed by atoms with Gasteiger partial charge in [-0.05, 0) is 37.6 Å². The molecule has 3 heterocycles. The Balaban J connectivity index is 1.50. The number of nitrogens with one attached hydrogen (secondary N) is 3. The van der Waals surface area contributed by atoms with Gasteiger partial charge >= 0.3 is 5.97 Å². The Kier molecular flexibility index (Phi) is 6.58. The highest BCUT2D eigenvalue weighted by Crippen LogP contribution is 2.28. The highest BCUT2D eigenvalue weighted by Gasteiger charge is 2.33. The number of hydrogen-bond acceptors (Lipinski definition) is 8. The molecule has 0 saturated carbocycles. The van der Waals surface area contributed by atoms with E-state index >= 15 is 0 Å². The molecule has 1 aliphatic heterocycles. The molecule has 4 rings (SSSR count). The standard InChI is InChI=1S/C26H31N5O6/c1-26(2,25(34)37-17-7-9-36-10-8-17)14-29-22(32)19-11-16(13-28-24(19)35-4)15-5-6-18-20(12-15)30-31-21(18)23(33)27-3/h5-6,11-13,17H,7-10,14H2,1-4H3,(H,27,33)(H,29,32)(H,30,31)/i3D3. The maximum Gasteiger partial charge on any atom is 0.313 e. The fraction of sp³-hybridized carbons (Fsp3) is 0.423. The lowest BCUT2D eigenvalue weighted by molar-refractivity contribution is -0.163. The number of nitrogens with zero attached hydrogens (tertiary/aromatic N) is 2. The molecule has 0 atom stereocenters. The van der Waals surface area contributed by atoms with E-state index in [1.54, 1.807) is 38.1 Å². The lowest BCUT2D eigenvalue weighted by Gasteiger charge is -2.28. The summed E-state index contributed by atoms with van der Waals surface area (Å²) in [4.78, 5) is 42.5. The molecule has 1 aliphatic rings. The average molecular weight is 513 g/mol. The number of pyridine rings is 1. The van der Waals surface area contributed by atoms with Gasteiger partial charge in [-0.1, -0.05) is 6.07 Å². The minimum absolute atomic E-state index is 0.0302. The zero-order valence-corrected chi connectivity index (χ0v) is 20.8. The Morgan fingerprint density at radius 1 is 1.19 bits per heavy atom. The molecule has 196 valence electrons. The Bertz CT molecular complexity index is 1420. The molecule has 3 aromatic rings. The van der Waals surface area contributed by atoms with Gasteiger partial charge in [-0.3, -0.25) is 19.5 Å². The van der Waals surface area contributed by atoms with Crippen molar-refractivity contribution in [3.05, 3.63) is 41.7 Å². The summed E-state index contributed by atoms with van der Waals surface area (Å²) >= 11 is 0. The van der Waals surface area contributed by atoms with Gasteiger partial charge in [-0.25, -0.2) is 4.98 Å². The van der Waals surface area contributed by atoms with Crippen LogP contribution in [-0.2, 0) is 14.3 Å². The van der Waals surface area contributed by atoms with Gasteiger partial charge in [-0.2, -0.15) is 5.10 Å². The monoisotopic (exact) mass is 512 g/mol. The van der Waals surface area contributed by atoms with Crippen LogP contribution in [0.5, 0.6) is 5.88 Å². The maximum absolute atomic E-state index is 13.2. The Morgan fingerprint density at radius 3 is 2.70 bits per heavy atom. The number of carbonyl (C=O) groups excluding carboxylic acids is 3. The number of aromatic amines is 1. The van der Waals surface area contributed by atoms with E-state index in [0.29, 0.717) is 48.1 Å². The summed E-state index contributed by atoms with van der Waals surface area (Å²) in [5.41, 5.74) is 0.860. The first-order chi connectivity index (χ1) is 18.9. The molecule has 11 heteroatoms. The number of fused-ring (bicyclic) bond motifs is 1. The van der Waals surface area contributed by atoms with Crippen molar-refractivity contribution in [1.29, 1.82) is 0 Å². The molecule has 1 fully saturated rings. The number of amides is 2. The topological polar surface area (TPSA) is 145 Å². The van der Waals surface area contributed by atoms with Crippen molar-refractivity contribution in [2.24, 2.45) is 5.41 Å². The number of benzene rings is 1. The smallest absolute Gasteiger partial charge is 0.313 e. The summed E-state index contributed by atoms with van der Waals surface area (Å²) in [5, 5.41) is 11.8. The Labute approximate surface area is 218 Å². The number of ether oxygens (including phenoxy) is 3. The predicted octanol–water partition coefficient (Wildman–Crippen LogP) is 2.47. The van der Waals surface area contributed by atoms with Gasteiger partial charge in [0.15, 0.2) is 5.69 Å². The second-order valence-corrected chi connectivity index (χ2v) is 9.35. The van der Waals surface area contributed by atoms with Crippen LogP contribution in [0, 0.1) is 5.41 Å². The minimum atomic E-state index is -2.64. The molecular weight excluding hydrogens is 478 g/mol. The van der Waals surface area contributed by atoms with Gasteiger partial charge in [0.05, 0.1) is 31.3 Å². The summed E-state index contributed by atoms with van der Waals surface area (Å²) in [6, 6.07) is 6.63. The number of aromatic nitrogens is 3. The number of H-pyrrole nitrogens is 1. The number of carbonyl (C=O) groups is 3. The molecule has 0 spiro atoms. The van der Waals surface area contributed by atoms with Crippen molar-refractivity contribution in [1.82, 2.24) is 25.8 Å². The van der Waals surface area contributed by atoms with E-state index in [9.17, 15) is 14.4 Å². The van der Waals surface area contributed by atoms with Crippen molar-refractivity contribution in [2.45, 2.75) is 32.8 Å². The van der Waals surface area contributed by atoms with E-state index < -0.39 is 30.2 Å². The van der Waals surface area contributed by atoms with E-state index in [1.165, 1.54) is 13.3 Å². The van der Waals surface area contributed by atoms with Gasteiger partial charge in [0.1, 0.15) is 11.7 Å². The van der Waals surface area contributed by atoms with E-state index in [0.717, 1.165) is 0 Å². The molecule has 0 unspecified atom stereocenters. The third-order valence-electron chi connectivity index (χ3n) is 6.20. The van der Waals surface area contributed by atoms with Crippen molar-refractivity contribution < 1.29 is 32.7 Å². The van der Waals surface area contributed by atoms with Crippen LogP contribution >= 0.6 is 0 Å². The van der Waals surface area contributed by atoms with Gasteiger partial charge < -0.3 is 24.8 Å². The lowest BCUT2D eigenvalue weighted by atomic mass is 9.93. The van der Waals surface area contributed by atoms with Crippen LogP contribution in [0.25, 0.3) is 22.0 Å². The second kappa shape index (κ2) is 11.0. The molecule has 2 aromatic heterocycles. The van der Waals surface area contributed by atoms with Crippen LogP contribution < -0.4 is 15.4 Å². The Morgan fingerprint density at radius 2 is 1.97 bits per heavy atom. The third kappa shape index (κ3) is 5.72. The molecular formula is C26H31N5O6. The molecule has 0 aliphatic carbocycles. The largest absolute Gasteiger partial charge is 0.480 e. The fourth-order valence-corrected chi connectivity index (χ4v) is 3.94. The molecule has 2 amide bonds. The first kappa shape index (κ1) is 22.2. The number of rotatable bonds is 8. The van der Waals surface area contributed by atoms with Gasteiger partial charge in [0, 0.05) is 47.6 Å². The third-order valence-corrected chi connectivity index (χ3v) is 6.20. The zero-order valence-electron chi connectivity index (χ0n) is 23.8. The number of methoxy groups -OCH3 is 1. The van der Waals surface area contributed by atoms with Crippen LogP contribution in [0.1, 0.15) is 51.6 Å². The first-order valence-corrected chi connectivity index (χ1v) is 11.8. The van der Waals surface area contributed by atoms with Crippen LogP contribution in [-0.4, -0.2) is 72.9 Å². The van der Waals surface area contributed by atoms with Crippen molar-refractivity contribution >= 4 is 28.7 Å². The molecule has 3 N–H and O–H groups in total. The van der Waals surface area contributed by atoms with Crippen molar-refractivity contribution in [3.63, 3.8) is 0 Å². The van der Waals surface area contributed by atoms with E-state index in [1.807, 2.05) is 5.32 Å². The highest BCUT2D eigenvalue weighted by atomic mass is 16.6. The minimum Gasteiger partial charge on any atom is -0.480 e. The number of hydrogen-bond donors (Lipinski definition) is 3. The highest BCUT2D eigenvalue weighted by molar-refractivity contribution is 6.05. The SMILES string of the molecule is [2H]C([2H])([2H])NC(=O)c1n[nH]c2cc(-c3cnc(OC)c(C(=O)NCC(C)(C)C(=O)OC4CCOCC4)c3)ccc12. The quantitative estimate of drug-likeness (QED) is 0.391. The summed E-state index contributed by atoms with van der Waals surface area (Å²) in [6.07, 6.45) is 2.62. The molecule has 11 nitrogen and oxygen atoms in total. The van der Waals surface area contributed by atoms with Crippen LogP contribution in [0.15, 0.2) is 30.5 Å². The Hall–Kier alpha value is -3.99. The summed E-state index contributed by atoms with van der Waals surface area (Å²) < 4.78 is 37.9. The number of esters is 1. The van der Waals surface area contributed by atoms with E-state index in [4.69, 9.17) is 18.3 Å². The van der Waals surface area contributed by atoms with Crippen molar-refractivity contribution in [3.8, 4) is 17.0 Å². The van der Waals surface area contributed by atoms with Crippen LogP contribution in [0.3, 0.4) is 0 Å². The van der Waals surface area contributed by atoms with Crippen LogP contribution in [0.2, 0.25) is 0 Å². The molecule has 0 radical (unpaired) electrons. The molecule has 37 heavy (non-hydrogen) atoms. The first-order valence-electron chi connectivity index (χ1n) is 13.3. The van der Waals surface area contributed by atoms with Crippen molar-refractivity contribution in [2.75, 3.05) is 33.8 Å². The fourth-order valence-electron chi connectivity index (χ4n) is 3.94. The maximum atomic E-state index is 13.2. The average Bonchev–Trinajstić information content (AvgIpc) is 3.34. The van der Waals surface area contributed by atoms with E-state index in [2.05, 4.69) is 20.5 Å². The van der Waals surface area contributed by atoms with Crippen LogP contribution in [0.4, 0.5) is 0 Å². The summed E-state index contributed by atoms with van der Waals surface area (Å²) in [6.45, 7) is 1.89. The zero-order chi connectivity index (χ0) is 29.1. The summed E-state index contributed by atoms with van der Waals surface area (Å²) in [5.74, 6) is -1.61. The van der Waals surface area contributed by atoms with Gasteiger partial charge in [0.2, 0.25) is 5.88 Å². The van der Waals surface area contributed by atoms with Gasteiger partial charge in [0.25, 0.3) is 11.8 Å².